The zero-order valence-corrected chi connectivity index (χ0v) is 11.7. The summed E-state index contributed by atoms with van der Waals surface area (Å²) in [7, 11) is 1.54. The Hall–Kier alpha value is -1.68. The average molecular weight is 260 g/mol. The van der Waals surface area contributed by atoms with Crippen LogP contribution in [0.15, 0.2) is 18.2 Å². The van der Waals surface area contributed by atoms with Crippen molar-refractivity contribution < 1.29 is 9.59 Å². The number of nitrogens with one attached hydrogen (secondary N) is 1. The molecule has 1 unspecified atom stereocenters. The van der Waals surface area contributed by atoms with Gasteiger partial charge in [-0.15, -0.1) is 0 Å². The monoisotopic (exact) mass is 260 g/mol. The van der Waals surface area contributed by atoms with E-state index in [1.165, 1.54) is 4.90 Å². The molecule has 1 heterocycles. The summed E-state index contributed by atoms with van der Waals surface area (Å²) in [5.74, 6) is -0.330. The smallest absolute Gasteiger partial charge is 0.260 e. The summed E-state index contributed by atoms with van der Waals surface area (Å²) in [5, 5.41) is 3.40. The second kappa shape index (κ2) is 5.53. The third-order valence-electron chi connectivity index (χ3n) is 3.65. The molecule has 0 fully saturated rings. The first-order valence-corrected chi connectivity index (χ1v) is 6.75. The van der Waals surface area contributed by atoms with Gasteiger partial charge in [-0.3, -0.25) is 14.5 Å². The van der Waals surface area contributed by atoms with Crippen molar-refractivity contribution in [3.05, 3.63) is 34.9 Å². The molecule has 19 heavy (non-hydrogen) atoms. The fourth-order valence-electron chi connectivity index (χ4n) is 2.48. The number of carbonyl (C=O) groups is 2. The summed E-state index contributed by atoms with van der Waals surface area (Å²) in [4.78, 5) is 25.0. The maximum absolute atomic E-state index is 12.1. The summed E-state index contributed by atoms with van der Waals surface area (Å²) in [6, 6.07) is 6.11. The minimum Gasteiger partial charge on any atom is -0.310 e. The molecule has 1 aliphatic rings. The minimum atomic E-state index is -0.195. The number of amides is 2. The van der Waals surface area contributed by atoms with Crippen molar-refractivity contribution in [3.8, 4) is 0 Å². The van der Waals surface area contributed by atoms with Crippen LogP contribution in [-0.2, 0) is 11.2 Å². The molecule has 4 nitrogen and oxygen atoms in total. The van der Waals surface area contributed by atoms with Crippen molar-refractivity contribution in [1.29, 1.82) is 0 Å². The van der Waals surface area contributed by atoms with Gasteiger partial charge in [-0.1, -0.05) is 26.0 Å². The Bertz CT molecular complexity index is 511. The first-order valence-electron chi connectivity index (χ1n) is 6.75. The number of likely N-dealkylation sites (N-methyl/N-ethyl adjacent to an activating group) is 1. The predicted octanol–water partition coefficient (Wildman–Crippen LogP) is 1.90. The standard InChI is InChI=1S/C15H20N2O2/c1-4-13(16-5-2)11-7-6-10-9-14(18)17(3)15(19)12(10)8-11/h6-8,13,16H,4-5,9H2,1-3H3. The van der Waals surface area contributed by atoms with Gasteiger partial charge in [0, 0.05) is 18.7 Å². The first kappa shape index (κ1) is 13.7. The molecule has 1 aliphatic heterocycles. The van der Waals surface area contributed by atoms with Crippen molar-refractivity contribution in [2.45, 2.75) is 32.7 Å². The van der Waals surface area contributed by atoms with Gasteiger partial charge in [0.1, 0.15) is 0 Å². The van der Waals surface area contributed by atoms with E-state index in [-0.39, 0.29) is 17.9 Å². The molecular weight excluding hydrogens is 240 g/mol. The van der Waals surface area contributed by atoms with Crippen molar-refractivity contribution in [2.24, 2.45) is 0 Å². The van der Waals surface area contributed by atoms with E-state index in [4.69, 9.17) is 0 Å². The maximum Gasteiger partial charge on any atom is 0.260 e. The SMILES string of the molecule is CCNC(CC)c1ccc2c(c1)C(=O)N(C)C(=O)C2. The molecule has 0 spiro atoms. The molecular formula is C15H20N2O2. The lowest BCUT2D eigenvalue weighted by atomic mass is 9.93. The van der Waals surface area contributed by atoms with E-state index < -0.39 is 0 Å². The largest absolute Gasteiger partial charge is 0.310 e. The number of carbonyl (C=O) groups excluding carboxylic acids is 2. The van der Waals surface area contributed by atoms with Crippen molar-refractivity contribution in [3.63, 3.8) is 0 Å². The van der Waals surface area contributed by atoms with Gasteiger partial charge in [0.15, 0.2) is 0 Å². The van der Waals surface area contributed by atoms with Gasteiger partial charge in [0.2, 0.25) is 5.91 Å². The first-order chi connectivity index (χ1) is 9.08. The molecule has 102 valence electrons. The van der Waals surface area contributed by atoms with E-state index in [0.29, 0.717) is 12.0 Å². The second-order valence-corrected chi connectivity index (χ2v) is 4.87. The normalized spacial score (nSPS) is 16.5. The number of benzene rings is 1. The lowest BCUT2D eigenvalue weighted by molar-refractivity contribution is -0.127. The predicted molar refractivity (Wildman–Crippen MR) is 74.0 cm³/mol. The minimum absolute atomic E-state index is 0.135. The van der Waals surface area contributed by atoms with Crippen LogP contribution in [0.3, 0.4) is 0 Å². The summed E-state index contributed by atoms with van der Waals surface area (Å²) in [6.45, 7) is 5.07. The number of hydrogen-bond acceptors (Lipinski definition) is 3. The van der Waals surface area contributed by atoms with Crippen LogP contribution in [0.1, 0.15) is 47.8 Å². The van der Waals surface area contributed by atoms with Crippen LogP contribution in [0.25, 0.3) is 0 Å². The van der Waals surface area contributed by atoms with Crippen molar-refractivity contribution >= 4 is 11.8 Å². The number of nitrogens with zero attached hydrogens (tertiary/aromatic N) is 1. The molecule has 4 heteroatoms. The Balaban J connectivity index is 2.38. The summed E-state index contributed by atoms with van der Waals surface area (Å²) >= 11 is 0. The summed E-state index contributed by atoms with van der Waals surface area (Å²) in [6.07, 6.45) is 1.28. The van der Waals surface area contributed by atoms with E-state index in [1.54, 1.807) is 7.05 Å². The highest BCUT2D eigenvalue weighted by Crippen LogP contribution is 2.24. The third kappa shape index (κ3) is 2.54. The fraction of sp³-hybridized carbons (Fsp3) is 0.467. The molecule has 1 aromatic carbocycles. The Morgan fingerprint density at radius 2 is 2.05 bits per heavy atom. The highest BCUT2D eigenvalue weighted by Gasteiger charge is 2.28. The molecule has 1 N–H and O–H groups in total. The number of rotatable bonds is 4. The zero-order chi connectivity index (χ0) is 14.0. The highest BCUT2D eigenvalue weighted by atomic mass is 16.2. The van der Waals surface area contributed by atoms with Crippen LogP contribution >= 0.6 is 0 Å². The molecule has 0 aliphatic carbocycles. The topological polar surface area (TPSA) is 49.4 Å². The Morgan fingerprint density at radius 3 is 2.68 bits per heavy atom. The van der Waals surface area contributed by atoms with Crippen LogP contribution in [0.4, 0.5) is 0 Å². The van der Waals surface area contributed by atoms with Gasteiger partial charge in [-0.05, 0) is 30.2 Å². The summed E-state index contributed by atoms with van der Waals surface area (Å²) in [5.41, 5.74) is 2.61. The molecule has 0 bridgehead atoms. The van der Waals surface area contributed by atoms with Crippen LogP contribution in [0.5, 0.6) is 0 Å². The van der Waals surface area contributed by atoms with E-state index in [2.05, 4.69) is 19.2 Å². The van der Waals surface area contributed by atoms with Gasteiger partial charge in [-0.25, -0.2) is 0 Å². The lowest BCUT2D eigenvalue weighted by Crippen LogP contribution is -2.39. The number of fused-ring (bicyclic) bond motifs is 1. The van der Waals surface area contributed by atoms with Crippen molar-refractivity contribution in [1.82, 2.24) is 10.2 Å². The van der Waals surface area contributed by atoms with Crippen molar-refractivity contribution in [2.75, 3.05) is 13.6 Å². The van der Waals surface area contributed by atoms with Crippen LogP contribution in [0.2, 0.25) is 0 Å². The number of hydrogen-bond donors (Lipinski definition) is 1. The molecule has 0 saturated carbocycles. The quantitative estimate of drug-likeness (QED) is 0.841. The second-order valence-electron chi connectivity index (χ2n) is 4.87. The maximum atomic E-state index is 12.1. The van der Waals surface area contributed by atoms with E-state index in [0.717, 1.165) is 24.1 Å². The Morgan fingerprint density at radius 1 is 1.32 bits per heavy atom. The van der Waals surface area contributed by atoms with Gasteiger partial charge in [-0.2, -0.15) is 0 Å². The molecule has 2 rings (SSSR count). The lowest BCUT2D eigenvalue weighted by Gasteiger charge is -2.25. The molecule has 0 radical (unpaired) electrons. The van der Waals surface area contributed by atoms with Gasteiger partial charge >= 0.3 is 0 Å². The van der Waals surface area contributed by atoms with Gasteiger partial charge < -0.3 is 5.32 Å². The number of imide groups is 1. The van der Waals surface area contributed by atoms with Crippen LogP contribution in [0, 0.1) is 0 Å². The molecule has 1 aromatic rings. The molecule has 1 atom stereocenters. The Labute approximate surface area is 113 Å². The average Bonchev–Trinajstić information content (AvgIpc) is 2.42. The van der Waals surface area contributed by atoms with E-state index in [9.17, 15) is 9.59 Å². The zero-order valence-electron chi connectivity index (χ0n) is 11.7. The molecule has 0 saturated heterocycles. The van der Waals surface area contributed by atoms with Crippen LogP contribution < -0.4 is 5.32 Å². The fourth-order valence-corrected chi connectivity index (χ4v) is 2.48. The third-order valence-corrected chi connectivity index (χ3v) is 3.65. The summed E-state index contributed by atoms with van der Waals surface area (Å²) < 4.78 is 0. The van der Waals surface area contributed by atoms with Gasteiger partial charge in [0.05, 0.1) is 6.42 Å². The van der Waals surface area contributed by atoms with Gasteiger partial charge in [0.25, 0.3) is 5.91 Å². The molecule has 0 aromatic heterocycles. The highest BCUT2D eigenvalue weighted by molar-refractivity contribution is 6.09. The van der Waals surface area contributed by atoms with Crippen LogP contribution in [-0.4, -0.2) is 30.3 Å². The molecule has 2 amide bonds. The Kier molecular flexibility index (Phi) is 4.00. The van der Waals surface area contributed by atoms with E-state index in [1.807, 2.05) is 18.2 Å². The van der Waals surface area contributed by atoms with E-state index >= 15 is 0 Å².